The highest BCUT2D eigenvalue weighted by atomic mass is 32.1. The number of hydrogen-bond acceptors (Lipinski definition) is 6. The van der Waals surface area contributed by atoms with Crippen molar-refractivity contribution in [3.63, 3.8) is 0 Å². The Hall–Kier alpha value is -3.52. The van der Waals surface area contributed by atoms with Gasteiger partial charge in [0.1, 0.15) is 5.82 Å². The van der Waals surface area contributed by atoms with E-state index in [0.717, 1.165) is 52.9 Å². The van der Waals surface area contributed by atoms with E-state index in [2.05, 4.69) is 20.5 Å². The van der Waals surface area contributed by atoms with Crippen molar-refractivity contribution >= 4 is 60.9 Å². The van der Waals surface area contributed by atoms with E-state index in [0.29, 0.717) is 16.4 Å². The van der Waals surface area contributed by atoms with Crippen LogP contribution in [-0.4, -0.2) is 34.9 Å². The minimum atomic E-state index is -0.189. The van der Waals surface area contributed by atoms with Gasteiger partial charge in [-0.2, -0.15) is 0 Å². The smallest absolute Gasteiger partial charge is 0.259 e. The summed E-state index contributed by atoms with van der Waals surface area (Å²) < 4.78 is 0.887. The molecule has 31 heavy (non-hydrogen) atoms. The molecule has 4 aromatic rings. The lowest BCUT2D eigenvalue weighted by Gasteiger charge is -2.20. The summed E-state index contributed by atoms with van der Waals surface area (Å²) >= 11 is 1.37. The van der Waals surface area contributed by atoms with Crippen LogP contribution in [0.2, 0.25) is 0 Å². The van der Waals surface area contributed by atoms with Gasteiger partial charge in [0.05, 0.1) is 21.3 Å². The number of hydrogen-bond donors (Lipinski definition) is 2. The highest BCUT2D eigenvalue weighted by Gasteiger charge is 2.22. The molecule has 0 bridgehead atoms. The number of para-hydroxylation sites is 1. The van der Waals surface area contributed by atoms with Crippen LogP contribution in [0.1, 0.15) is 30.1 Å². The van der Waals surface area contributed by atoms with Gasteiger partial charge in [-0.05, 0) is 43.2 Å². The Morgan fingerprint density at radius 3 is 2.58 bits per heavy atom. The Kier molecular flexibility index (Phi) is 4.99. The molecular formula is C23H21N5O2S. The molecule has 5 rings (SSSR count). The van der Waals surface area contributed by atoms with Crippen molar-refractivity contribution in [3.05, 3.63) is 54.1 Å². The van der Waals surface area contributed by atoms with Crippen molar-refractivity contribution in [1.82, 2.24) is 9.97 Å². The normalized spacial score (nSPS) is 13.6. The SMILES string of the molecule is CC(=O)Nc1nc2ccc(NC(=O)c3cc4ccccc4nc3N3CCCC3)cc2s1. The van der Waals surface area contributed by atoms with Gasteiger partial charge in [-0.1, -0.05) is 29.5 Å². The maximum atomic E-state index is 13.3. The van der Waals surface area contributed by atoms with Crippen LogP contribution in [0.25, 0.3) is 21.1 Å². The lowest BCUT2D eigenvalue weighted by Crippen LogP contribution is -2.24. The van der Waals surface area contributed by atoms with Crippen LogP contribution < -0.4 is 15.5 Å². The van der Waals surface area contributed by atoms with Gasteiger partial charge in [-0.15, -0.1) is 0 Å². The van der Waals surface area contributed by atoms with E-state index in [4.69, 9.17) is 4.98 Å². The summed E-state index contributed by atoms with van der Waals surface area (Å²) in [6.07, 6.45) is 2.21. The molecule has 0 radical (unpaired) electrons. The Balaban J connectivity index is 1.48. The van der Waals surface area contributed by atoms with Crippen LogP contribution >= 0.6 is 11.3 Å². The minimum absolute atomic E-state index is 0.161. The van der Waals surface area contributed by atoms with Gasteiger partial charge in [0.15, 0.2) is 5.13 Å². The number of carbonyl (C=O) groups excluding carboxylic acids is 2. The number of benzene rings is 2. The maximum Gasteiger partial charge on any atom is 0.259 e. The van der Waals surface area contributed by atoms with E-state index in [1.54, 1.807) is 0 Å². The highest BCUT2D eigenvalue weighted by Crippen LogP contribution is 2.30. The van der Waals surface area contributed by atoms with Gasteiger partial charge in [-0.25, -0.2) is 9.97 Å². The number of carbonyl (C=O) groups is 2. The van der Waals surface area contributed by atoms with Crippen LogP contribution in [0.4, 0.5) is 16.6 Å². The molecule has 0 saturated carbocycles. The van der Waals surface area contributed by atoms with E-state index in [9.17, 15) is 9.59 Å². The number of anilines is 3. The summed E-state index contributed by atoms with van der Waals surface area (Å²) in [5.41, 5.74) is 2.91. The first-order chi connectivity index (χ1) is 15.1. The molecule has 0 unspecified atom stereocenters. The molecule has 0 spiro atoms. The fraction of sp³-hybridized carbons (Fsp3) is 0.217. The predicted molar refractivity (Wildman–Crippen MR) is 125 cm³/mol. The number of fused-ring (bicyclic) bond motifs is 2. The second-order valence-electron chi connectivity index (χ2n) is 7.58. The lowest BCUT2D eigenvalue weighted by atomic mass is 10.1. The number of nitrogens with zero attached hydrogens (tertiary/aromatic N) is 3. The molecule has 1 fully saturated rings. The Morgan fingerprint density at radius 2 is 1.77 bits per heavy atom. The van der Waals surface area contributed by atoms with Crippen molar-refractivity contribution in [3.8, 4) is 0 Å². The third-order valence-electron chi connectivity index (χ3n) is 5.28. The fourth-order valence-corrected chi connectivity index (χ4v) is 4.80. The van der Waals surface area contributed by atoms with Gasteiger partial charge >= 0.3 is 0 Å². The van der Waals surface area contributed by atoms with Gasteiger partial charge in [0.2, 0.25) is 5.91 Å². The molecule has 156 valence electrons. The van der Waals surface area contributed by atoms with Crippen molar-refractivity contribution in [2.75, 3.05) is 28.6 Å². The van der Waals surface area contributed by atoms with Gasteiger partial charge in [0.25, 0.3) is 5.91 Å². The number of thiazole rings is 1. The average Bonchev–Trinajstić information content (AvgIpc) is 3.41. The standard InChI is InChI=1S/C23H21N5O2S/c1-14(29)24-23-27-19-9-8-16(13-20(19)31-23)25-22(30)17-12-15-6-2-3-7-18(15)26-21(17)28-10-4-5-11-28/h2-3,6-9,12-13H,4-5,10-11H2,1H3,(H,25,30)(H,24,27,29). The van der Waals surface area contributed by atoms with Crippen molar-refractivity contribution in [2.45, 2.75) is 19.8 Å². The highest BCUT2D eigenvalue weighted by molar-refractivity contribution is 7.22. The predicted octanol–water partition coefficient (Wildman–Crippen LogP) is 4.66. The largest absolute Gasteiger partial charge is 0.356 e. The summed E-state index contributed by atoms with van der Waals surface area (Å²) in [6.45, 7) is 3.27. The molecule has 2 aromatic heterocycles. The Morgan fingerprint density at radius 1 is 0.968 bits per heavy atom. The molecule has 3 heterocycles. The molecule has 0 aliphatic carbocycles. The zero-order chi connectivity index (χ0) is 21.4. The van der Waals surface area contributed by atoms with E-state index in [1.807, 2.05) is 48.5 Å². The second-order valence-corrected chi connectivity index (χ2v) is 8.61. The average molecular weight is 432 g/mol. The molecule has 0 atom stereocenters. The number of aromatic nitrogens is 2. The molecule has 8 heteroatoms. The minimum Gasteiger partial charge on any atom is -0.356 e. The van der Waals surface area contributed by atoms with E-state index >= 15 is 0 Å². The van der Waals surface area contributed by atoms with Crippen LogP contribution in [-0.2, 0) is 4.79 Å². The second kappa shape index (κ2) is 7.96. The molecular weight excluding hydrogens is 410 g/mol. The monoisotopic (exact) mass is 431 g/mol. The summed E-state index contributed by atoms with van der Waals surface area (Å²) in [4.78, 5) is 36.0. The Bertz CT molecular complexity index is 1310. The number of pyridine rings is 1. The fourth-order valence-electron chi connectivity index (χ4n) is 3.85. The van der Waals surface area contributed by atoms with Gasteiger partial charge < -0.3 is 15.5 Å². The summed E-state index contributed by atoms with van der Waals surface area (Å²) in [7, 11) is 0. The third kappa shape index (κ3) is 3.94. The van der Waals surface area contributed by atoms with Crippen molar-refractivity contribution in [1.29, 1.82) is 0 Å². The molecule has 2 amide bonds. The first-order valence-electron chi connectivity index (χ1n) is 10.2. The van der Waals surface area contributed by atoms with E-state index in [1.165, 1.54) is 18.3 Å². The topological polar surface area (TPSA) is 87.2 Å². The van der Waals surface area contributed by atoms with Crippen LogP contribution in [0.15, 0.2) is 48.5 Å². The summed E-state index contributed by atoms with van der Waals surface area (Å²) in [6, 6.07) is 15.3. The quantitative estimate of drug-likeness (QED) is 0.491. The van der Waals surface area contributed by atoms with Gasteiger partial charge in [-0.3, -0.25) is 9.59 Å². The van der Waals surface area contributed by atoms with Crippen LogP contribution in [0, 0.1) is 0 Å². The third-order valence-corrected chi connectivity index (χ3v) is 6.22. The van der Waals surface area contributed by atoms with Gasteiger partial charge in [0, 0.05) is 31.1 Å². The maximum absolute atomic E-state index is 13.3. The summed E-state index contributed by atoms with van der Waals surface area (Å²) in [5.74, 6) is 0.387. The molecule has 2 N–H and O–H groups in total. The number of amides is 2. The van der Waals surface area contributed by atoms with E-state index < -0.39 is 0 Å². The number of rotatable bonds is 4. The van der Waals surface area contributed by atoms with Crippen molar-refractivity contribution < 1.29 is 9.59 Å². The van der Waals surface area contributed by atoms with Crippen molar-refractivity contribution in [2.24, 2.45) is 0 Å². The lowest BCUT2D eigenvalue weighted by molar-refractivity contribution is -0.114. The number of nitrogens with one attached hydrogen (secondary N) is 2. The first kappa shape index (κ1) is 19.4. The van der Waals surface area contributed by atoms with Crippen LogP contribution in [0.5, 0.6) is 0 Å². The molecule has 1 aliphatic heterocycles. The zero-order valence-electron chi connectivity index (χ0n) is 17.0. The molecule has 2 aromatic carbocycles. The molecule has 1 saturated heterocycles. The molecule has 1 aliphatic rings. The van der Waals surface area contributed by atoms with Crippen LogP contribution in [0.3, 0.4) is 0 Å². The first-order valence-corrected chi connectivity index (χ1v) is 11.0. The van der Waals surface area contributed by atoms with E-state index in [-0.39, 0.29) is 11.8 Å². The Labute approximate surface area is 183 Å². The molecule has 7 nitrogen and oxygen atoms in total. The summed E-state index contributed by atoms with van der Waals surface area (Å²) in [5, 5.41) is 7.20. The zero-order valence-corrected chi connectivity index (χ0v) is 17.8.